The van der Waals surface area contributed by atoms with E-state index in [0.717, 1.165) is 31.5 Å². The van der Waals surface area contributed by atoms with Gasteiger partial charge in [0.25, 0.3) is 0 Å². The van der Waals surface area contributed by atoms with E-state index < -0.39 is 0 Å². The number of hydrogen-bond acceptors (Lipinski definition) is 2. The fraction of sp³-hybridized carbons (Fsp3) is 0.632. The number of ketones is 1. The topological polar surface area (TPSA) is 20.3 Å². The van der Waals surface area contributed by atoms with Crippen molar-refractivity contribution in [2.75, 3.05) is 13.1 Å². The summed E-state index contributed by atoms with van der Waals surface area (Å²) in [6, 6.07) is 6.23. The van der Waals surface area contributed by atoms with Gasteiger partial charge in [-0.1, -0.05) is 31.4 Å². The molecule has 21 heavy (non-hydrogen) atoms. The van der Waals surface area contributed by atoms with Crippen LogP contribution >= 0.6 is 0 Å². The van der Waals surface area contributed by atoms with Crippen molar-refractivity contribution in [3.63, 3.8) is 0 Å². The zero-order chi connectivity index (χ0) is 14.9. The van der Waals surface area contributed by atoms with Gasteiger partial charge in [0.15, 0.2) is 5.78 Å². The zero-order valence-electron chi connectivity index (χ0n) is 13.5. The zero-order valence-corrected chi connectivity index (χ0v) is 13.5. The van der Waals surface area contributed by atoms with Gasteiger partial charge in [0, 0.05) is 5.56 Å². The molecule has 0 atom stereocenters. The summed E-state index contributed by atoms with van der Waals surface area (Å²) in [5, 5.41) is 0. The summed E-state index contributed by atoms with van der Waals surface area (Å²) in [4.78, 5) is 15.8. The molecule has 0 amide bonds. The van der Waals surface area contributed by atoms with Crippen LogP contribution in [0, 0.1) is 13.8 Å². The first-order valence-corrected chi connectivity index (χ1v) is 8.51. The molecule has 2 nitrogen and oxygen atoms in total. The highest BCUT2D eigenvalue weighted by molar-refractivity contribution is 6.03. The number of carbonyl (C=O) groups excluding carboxylic acids is 1. The summed E-state index contributed by atoms with van der Waals surface area (Å²) in [5.41, 5.74) is 3.23. The first kappa shape index (κ1) is 14.8. The maximum Gasteiger partial charge on any atom is 0.183 e. The molecule has 0 bridgehead atoms. The molecule has 0 N–H and O–H groups in total. The minimum atomic E-state index is -0.192. The van der Waals surface area contributed by atoms with Gasteiger partial charge in [-0.15, -0.1) is 0 Å². The fourth-order valence-corrected chi connectivity index (χ4v) is 4.12. The van der Waals surface area contributed by atoms with Crippen molar-refractivity contribution in [2.45, 2.75) is 64.3 Å². The smallest absolute Gasteiger partial charge is 0.183 e. The number of carbonyl (C=O) groups is 1. The van der Waals surface area contributed by atoms with Crippen molar-refractivity contribution in [1.29, 1.82) is 0 Å². The van der Waals surface area contributed by atoms with Crippen LogP contribution in [0.3, 0.4) is 0 Å². The molecular formula is C19H27NO. The molecule has 2 aliphatic rings. The van der Waals surface area contributed by atoms with Crippen molar-refractivity contribution in [2.24, 2.45) is 0 Å². The van der Waals surface area contributed by atoms with Crippen LogP contribution in [0.2, 0.25) is 0 Å². The van der Waals surface area contributed by atoms with Gasteiger partial charge >= 0.3 is 0 Å². The van der Waals surface area contributed by atoms with Crippen LogP contribution in [0.25, 0.3) is 0 Å². The number of Topliss-reactive ketones (excluding diaryl/α,β-unsaturated/α-hetero) is 1. The lowest BCUT2D eigenvalue weighted by molar-refractivity contribution is 0.0477. The largest absolute Gasteiger partial charge is 0.292 e. The highest BCUT2D eigenvalue weighted by Crippen LogP contribution is 2.39. The van der Waals surface area contributed by atoms with E-state index >= 15 is 0 Å². The summed E-state index contributed by atoms with van der Waals surface area (Å²) < 4.78 is 0. The van der Waals surface area contributed by atoms with Gasteiger partial charge in [-0.2, -0.15) is 0 Å². The summed E-state index contributed by atoms with van der Waals surface area (Å²) in [6.07, 6.45) is 8.34. The monoisotopic (exact) mass is 285 g/mol. The highest BCUT2D eigenvalue weighted by atomic mass is 16.1. The maximum atomic E-state index is 13.3. The molecule has 1 saturated heterocycles. The van der Waals surface area contributed by atoms with Gasteiger partial charge in [0.1, 0.15) is 0 Å². The van der Waals surface area contributed by atoms with Crippen LogP contribution in [0.1, 0.15) is 66.4 Å². The van der Waals surface area contributed by atoms with Gasteiger partial charge in [0.05, 0.1) is 5.54 Å². The van der Waals surface area contributed by atoms with Crippen molar-refractivity contribution >= 4 is 5.78 Å². The number of benzene rings is 1. The molecule has 0 radical (unpaired) electrons. The van der Waals surface area contributed by atoms with Gasteiger partial charge in [-0.3, -0.25) is 9.69 Å². The number of rotatable bonds is 3. The molecule has 1 heterocycles. The second-order valence-electron chi connectivity index (χ2n) is 6.91. The first-order chi connectivity index (χ1) is 10.1. The molecule has 0 unspecified atom stereocenters. The minimum Gasteiger partial charge on any atom is -0.292 e. The normalized spacial score (nSPS) is 22.4. The Kier molecular flexibility index (Phi) is 4.17. The molecule has 1 aromatic carbocycles. The molecule has 1 aromatic rings. The molecule has 2 fully saturated rings. The predicted octanol–water partition coefficient (Wildman–Crippen LogP) is 4.28. The van der Waals surface area contributed by atoms with Crippen molar-refractivity contribution in [3.8, 4) is 0 Å². The Labute approximate surface area is 128 Å². The third-order valence-electron chi connectivity index (χ3n) is 5.58. The number of likely N-dealkylation sites (tertiary alicyclic amines) is 1. The van der Waals surface area contributed by atoms with E-state index in [-0.39, 0.29) is 5.54 Å². The fourth-order valence-electron chi connectivity index (χ4n) is 4.12. The van der Waals surface area contributed by atoms with Gasteiger partial charge < -0.3 is 0 Å². The molecule has 114 valence electrons. The minimum absolute atomic E-state index is 0.192. The summed E-state index contributed by atoms with van der Waals surface area (Å²) in [6.45, 7) is 6.43. The first-order valence-electron chi connectivity index (χ1n) is 8.51. The molecule has 0 spiro atoms. The van der Waals surface area contributed by atoms with Gasteiger partial charge in [-0.25, -0.2) is 0 Å². The molecule has 0 aromatic heterocycles. The summed E-state index contributed by atoms with van der Waals surface area (Å²) in [7, 11) is 0. The van der Waals surface area contributed by atoms with Crippen molar-refractivity contribution in [1.82, 2.24) is 4.90 Å². The highest BCUT2D eigenvalue weighted by Gasteiger charge is 2.46. The SMILES string of the molecule is Cc1ccc(C(=O)C2(N3CCCCC3)CCCC2)cc1C. The van der Waals surface area contributed by atoms with Crippen LogP contribution in [-0.4, -0.2) is 29.3 Å². The third kappa shape index (κ3) is 2.66. The molecule has 3 rings (SSSR count). The number of aryl methyl sites for hydroxylation is 2. The Bertz CT molecular complexity index is 522. The average Bonchev–Trinajstić information content (AvgIpc) is 3.01. The summed E-state index contributed by atoms with van der Waals surface area (Å²) in [5.74, 6) is 0.380. The number of hydrogen-bond donors (Lipinski definition) is 0. The van der Waals surface area contributed by atoms with Crippen LogP contribution in [-0.2, 0) is 0 Å². The quantitative estimate of drug-likeness (QED) is 0.772. The Morgan fingerprint density at radius 1 is 0.952 bits per heavy atom. The Balaban J connectivity index is 1.92. The van der Waals surface area contributed by atoms with Crippen molar-refractivity contribution < 1.29 is 4.79 Å². The van der Waals surface area contributed by atoms with Crippen LogP contribution in [0.4, 0.5) is 0 Å². The number of piperidine rings is 1. The summed E-state index contributed by atoms with van der Waals surface area (Å²) >= 11 is 0. The molecular weight excluding hydrogens is 258 g/mol. The number of nitrogens with zero attached hydrogens (tertiary/aromatic N) is 1. The van der Waals surface area contributed by atoms with E-state index in [9.17, 15) is 4.79 Å². The second kappa shape index (κ2) is 5.92. The third-order valence-corrected chi connectivity index (χ3v) is 5.58. The van der Waals surface area contributed by atoms with Gasteiger partial charge in [-0.05, 0) is 69.8 Å². The molecule has 1 saturated carbocycles. The van der Waals surface area contributed by atoms with E-state index in [2.05, 4.69) is 30.9 Å². The Morgan fingerprint density at radius 2 is 1.62 bits per heavy atom. The van der Waals surface area contributed by atoms with E-state index in [0.29, 0.717) is 5.78 Å². The molecule has 1 aliphatic heterocycles. The van der Waals surface area contributed by atoms with Crippen LogP contribution in [0.5, 0.6) is 0 Å². The molecule has 2 heteroatoms. The average molecular weight is 285 g/mol. The Hall–Kier alpha value is -1.15. The predicted molar refractivity (Wildman–Crippen MR) is 86.9 cm³/mol. The van der Waals surface area contributed by atoms with Crippen molar-refractivity contribution in [3.05, 3.63) is 34.9 Å². The van der Waals surface area contributed by atoms with E-state index in [1.165, 1.54) is 43.2 Å². The lowest BCUT2D eigenvalue weighted by Crippen LogP contribution is -2.54. The van der Waals surface area contributed by atoms with E-state index in [1.54, 1.807) is 0 Å². The standard InChI is InChI=1S/C19H27NO/c1-15-8-9-17(14-16(15)2)18(21)19(10-4-5-11-19)20-12-6-3-7-13-20/h8-9,14H,3-7,10-13H2,1-2H3. The van der Waals surface area contributed by atoms with Gasteiger partial charge in [0.2, 0.25) is 0 Å². The molecule has 1 aliphatic carbocycles. The maximum absolute atomic E-state index is 13.3. The van der Waals surface area contributed by atoms with E-state index in [4.69, 9.17) is 0 Å². The van der Waals surface area contributed by atoms with Crippen LogP contribution in [0.15, 0.2) is 18.2 Å². The second-order valence-corrected chi connectivity index (χ2v) is 6.91. The lowest BCUT2D eigenvalue weighted by atomic mass is 9.83. The van der Waals surface area contributed by atoms with Crippen LogP contribution < -0.4 is 0 Å². The lowest BCUT2D eigenvalue weighted by Gasteiger charge is -2.42. The Morgan fingerprint density at radius 3 is 2.24 bits per heavy atom. The van der Waals surface area contributed by atoms with E-state index in [1.807, 2.05) is 6.07 Å².